The number of rotatable bonds is 11. The molecule has 0 fully saturated rings. The first-order valence-corrected chi connectivity index (χ1v) is 17.7. The number of benzene rings is 1. The second-order valence-corrected chi connectivity index (χ2v) is 14.2. The van der Waals surface area contributed by atoms with Crippen LogP contribution in [0.3, 0.4) is 0 Å². The Kier molecular flexibility index (Phi) is 11.3. The number of hydrogen-bond donors (Lipinski definition) is 1. The number of hydrogen-bond acceptors (Lipinski definition) is 12. The van der Waals surface area contributed by atoms with Crippen molar-refractivity contribution < 1.29 is 46.6 Å². The highest BCUT2D eigenvalue weighted by Crippen LogP contribution is 2.38. The van der Waals surface area contributed by atoms with Crippen LogP contribution in [0.5, 0.6) is 0 Å². The number of carbonyl (C=O) groups is 5. The maximum atomic E-state index is 12.9. The molecular formula is C29H33N3O10S3. The normalized spacial score (nSPS) is 13.5. The first-order valence-electron chi connectivity index (χ1n) is 14.2. The molecule has 1 aliphatic rings. The fourth-order valence-electron chi connectivity index (χ4n) is 4.88. The summed E-state index contributed by atoms with van der Waals surface area (Å²) in [5.74, 6) is -5.84. The molecule has 1 N–H and O–H groups in total. The van der Waals surface area contributed by atoms with Gasteiger partial charge in [0.15, 0.2) is 14.6 Å². The van der Waals surface area contributed by atoms with Crippen LogP contribution in [-0.2, 0) is 57.8 Å². The molecule has 0 spiro atoms. The zero-order valence-corrected chi connectivity index (χ0v) is 27.5. The van der Waals surface area contributed by atoms with Gasteiger partial charge in [-0.3, -0.25) is 14.4 Å². The molecule has 0 radical (unpaired) electrons. The van der Waals surface area contributed by atoms with Gasteiger partial charge in [-0.05, 0) is 63.3 Å². The molecule has 0 saturated carbocycles. The van der Waals surface area contributed by atoms with Crippen LogP contribution in [0, 0.1) is 0 Å². The number of nitrogens with zero attached hydrogens (tertiary/aromatic N) is 2. The fraction of sp³-hybridized carbons (Fsp3) is 0.448. The Morgan fingerprint density at radius 1 is 0.956 bits per heavy atom. The van der Waals surface area contributed by atoms with Gasteiger partial charge in [0, 0.05) is 4.88 Å². The molecule has 242 valence electrons. The number of fused-ring (bicyclic) bond motifs is 2. The number of carbonyl (C=O) groups excluding carboxylic acids is 5. The molecule has 0 bridgehead atoms. The third-order valence-electron chi connectivity index (χ3n) is 6.76. The highest BCUT2D eigenvalue weighted by molar-refractivity contribution is 7.92. The van der Waals surface area contributed by atoms with Gasteiger partial charge in [-0.25, -0.2) is 18.0 Å². The molecule has 3 aromatic rings. The maximum Gasteiger partial charge on any atom is 0.341 e. The van der Waals surface area contributed by atoms with Crippen LogP contribution in [0.4, 0.5) is 5.00 Å². The van der Waals surface area contributed by atoms with E-state index in [0.717, 1.165) is 47.5 Å². The van der Waals surface area contributed by atoms with Crippen molar-refractivity contribution in [2.75, 3.05) is 37.1 Å². The van der Waals surface area contributed by atoms with Crippen LogP contribution in [0.1, 0.15) is 64.3 Å². The molecule has 1 aromatic carbocycles. The number of thiazole rings is 1. The summed E-state index contributed by atoms with van der Waals surface area (Å²) >= 11 is 2.19. The van der Waals surface area contributed by atoms with E-state index in [-0.39, 0.29) is 40.7 Å². The molecule has 16 heteroatoms. The lowest BCUT2D eigenvalue weighted by Crippen LogP contribution is -2.29. The zero-order chi connectivity index (χ0) is 32.7. The monoisotopic (exact) mass is 679 g/mol. The van der Waals surface area contributed by atoms with Crippen molar-refractivity contribution in [1.29, 1.82) is 0 Å². The fourth-order valence-corrected chi connectivity index (χ4v) is 8.27. The van der Waals surface area contributed by atoms with Crippen molar-refractivity contribution in [2.24, 2.45) is 4.99 Å². The maximum absolute atomic E-state index is 12.9. The number of sulfone groups is 1. The molecule has 2 aromatic heterocycles. The number of thiophene rings is 1. The minimum absolute atomic E-state index is 0.00604. The van der Waals surface area contributed by atoms with E-state index in [2.05, 4.69) is 10.3 Å². The van der Waals surface area contributed by atoms with Gasteiger partial charge in [-0.2, -0.15) is 4.99 Å². The minimum atomic E-state index is -4.29. The van der Waals surface area contributed by atoms with E-state index in [4.69, 9.17) is 14.2 Å². The van der Waals surface area contributed by atoms with Crippen molar-refractivity contribution in [3.05, 3.63) is 44.6 Å². The predicted molar refractivity (Wildman–Crippen MR) is 167 cm³/mol. The summed E-state index contributed by atoms with van der Waals surface area (Å²) in [6.07, 6.45) is 4.23. The summed E-state index contributed by atoms with van der Waals surface area (Å²) in [6, 6.07) is 4.59. The molecule has 45 heavy (non-hydrogen) atoms. The molecule has 0 saturated heterocycles. The quantitative estimate of drug-likeness (QED) is 0.180. The highest BCUT2D eigenvalue weighted by Gasteiger charge is 2.28. The Bertz CT molecular complexity index is 1820. The van der Waals surface area contributed by atoms with Gasteiger partial charge in [-0.1, -0.05) is 17.8 Å². The van der Waals surface area contributed by atoms with Crippen LogP contribution in [0.15, 0.2) is 23.2 Å². The number of amides is 2. The third-order valence-corrected chi connectivity index (χ3v) is 10.4. The van der Waals surface area contributed by atoms with Gasteiger partial charge in [0.05, 0.1) is 41.7 Å². The number of ether oxygens (including phenoxy) is 3. The summed E-state index contributed by atoms with van der Waals surface area (Å²) in [7, 11) is -3.05. The van der Waals surface area contributed by atoms with E-state index in [9.17, 15) is 32.4 Å². The average Bonchev–Trinajstić information content (AvgIpc) is 3.37. The van der Waals surface area contributed by atoms with Gasteiger partial charge in [-0.15, -0.1) is 11.3 Å². The third kappa shape index (κ3) is 8.43. The molecule has 0 aliphatic heterocycles. The van der Waals surface area contributed by atoms with E-state index in [1.807, 2.05) is 0 Å². The van der Waals surface area contributed by atoms with Crippen LogP contribution >= 0.6 is 22.7 Å². The van der Waals surface area contributed by atoms with E-state index in [0.29, 0.717) is 16.6 Å². The van der Waals surface area contributed by atoms with Crippen molar-refractivity contribution in [3.8, 4) is 0 Å². The molecule has 0 unspecified atom stereocenters. The minimum Gasteiger partial charge on any atom is -0.465 e. The molecule has 2 amide bonds. The van der Waals surface area contributed by atoms with Crippen LogP contribution in [-0.4, -0.2) is 74.5 Å². The topological polar surface area (TPSA) is 176 Å². The lowest BCUT2D eigenvalue weighted by molar-refractivity contribution is -0.143. The lowest BCUT2D eigenvalue weighted by atomic mass is 10.1. The molecule has 0 atom stereocenters. The second-order valence-electron chi connectivity index (χ2n) is 10.0. The first kappa shape index (κ1) is 34.0. The molecule has 1 aliphatic carbocycles. The van der Waals surface area contributed by atoms with Crippen molar-refractivity contribution in [3.63, 3.8) is 0 Å². The number of aromatic nitrogens is 1. The summed E-state index contributed by atoms with van der Waals surface area (Å²) in [4.78, 5) is 67.7. The molecule has 2 heterocycles. The van der Waals surface area contributed by atoms with E-state index in [1.165, 1.54) is 35.1 Å². The predicted octanol–water partition coefficient (Wildman–Crippen LogP) is 3.04. The number of esters is 3. The largest absolute Gasteiger partial charge is 0.465 e. The van der Waals surface area contributed by atoms with E-state index in [1.54, 1.807) is 19.9 Å². The molecular weight excluding hydrogens is 647 g/mol. The summed E-state index contributed by atoms with van der Waals surface area (Å²) in [5, 5.41) is 2.75. The SMILES string of the molecule is CCOC(=O)Cn1c(=NC(=O)CS(=O)(=O)CC(=O)Nc2sc3c(c2C(=O)OC)CCCCC3)sc2cc(C(=O)OCC)ccc21. The van der Waals surface area contributed by atoms with Crippen LogP contribution < -0.4 is 10.1 Å². The van der Waals surface area contributed by atoms with E-state index >= 15 is 0 Å². The van der Waals surface area contributed by atoms with Crippen LogP contribution in [0.2, 0.25) is 0 Å². The van der Waals surface area contributed by atoms with E-state index < -0.39 is 51.1 Å². The van der Waals surface area contributed by atoms with Crippen molar-refractivity contribution in [1.82, 2.24) is 4.57 Å². The van der Waals surface area contributed by atoms with Gasteiger partial charge in [0.2, 0.25) is 5.91 Å². The number of methoxy groups -OCH3 is 1. The summed E-state index contributed by atoms with van der Waals surface area (Å²) in [5.41, 5.74) is 1.76. The van der Waals surface area contributed by atoms with Gasteiger partial charge in [0.25, 0.3) is 5.91 Å². The zero-order valence-electron chi connectivity index (χ0n) is 25.0. The van der Waals surface area contributed by atoms with Gasteiger partial charge < -0.3 is 24.1 Å². The molecule has 13 nitrogen and oxygen atoms in total. The second kappa shape index (κ2) is 14.9. The Morgan fingerprint density at radius 2 is 1.69 bits per heavy atom. The Labute approximate surface area is 267 Å². The first-order chi connectivity index (χ1) is 21.5. The lowest BCUT2D eigenvalue weighted by Gasteiger charge is -2.08. The van der Waals surface area contributed by atoms with Crippen molar-refractivity contribution in [2.45, 2.75) is 52.5 Å². The Balaban J connectivity index is 1.56. The highest BCUT2D eigenvalue weighted by atomic mass is 32.2. The Hall–Kier alpha value is -3.89. The number of aryl methyl sites for hydroxylation is 1. The van der Waals surface area contributed by atoms with Gasteiger partial charge >= 0.3 is 17.9 Å². The van der Waals surface area contributed by atoms with Crippen molar-refractivity contribution >= 4 is 77.5 Å². The Morgan fingerprint density at radius 3 is 2.40 bits per heavy atom. The van der Waals surface area contributed by atoms with Crippen LogP contribution in [0.25, 0.3) is 10.2 Å². The number of anilines is 1. The molecule has 4 rings (SSSR count). The summed E-state index contributed by atoms with van der Waals surface area (Å²) < 4.78 is 42.6. The summed E-state index contributed by atoms with van der Waals surface area (Å²) in [6.45, 7) is 3.29. The average molecular weight is 680 g/mol. The smallest absolute Gasteiger partial charge is 0.341 e. The number of nitrogens with one attached hydrogen (secondary N) is 1. The standard InChI is InChI=1S/C29H33N3O10S3/c1-4-41-24(35)14-32-19-12-11-17(27(36)42-5-2)13-21(19)44-29(32)31-23(34)16-45(38,39)15-22(33)30-26-25(28(37)40-3)18-9-7-6-8-10-20(18)43-26/h11-13H,4-10,14-16H2,1-3H3,(H,30,33). The van der Waals surface area contributed by atoms with Gasteiger partial charge in [0.1, 0.15) is 23.1 Å².